The number of nitrogens with zero attached hydrogens (tertiary/aromatic N) is 1. The highest BCUT2D eigenvalue weighted by molar-refractivity contribution is 5.02. The average molecular weight is 223 g/mol. The normalized spacial score (nSPS) is 20.2. The minimum atomic E-state index is 0.133. The molecular formula is C13H25N3. The van der Waals surface area contributed by atoms with Crippen molar-refractivity contribution in [3.05, 3.63) is 0 Å². The van der Waals surface area contributed by atoms with Gasteiger partial charge in [-0.2, -0.15) is 0 Å². The SMILES string of the molecule is CC#CCNC1(CN)CCN(CCC)CC1. The summed E-state index contributed by atoms with van der Waals surface area (Å²) in [5, 5.41) is 3.52. The predicted molar refractivity (Wildman–Crippen MR) is 69.2 cm³/mol. The molecular weight excluding hydrogens is 198 g/mol. The van der Waals surface area contributed by atoms with Crippen LogP contribution in [-0.4, -0.2) is 43.2 Å². The van der Waals surface area contributed by atoms with Crippen LogP contribution in [0.1, 0.15) is 33.1 Å². The van der Waals surface area contributed by atoms with Gasteiger partial charge in [-0.1, -0.05) is 12.8 Å². The Balaban J connectivity index is 2.40. The second kappa shape index (κ2) is 6.90. The zero-order valence-electron chi connectivity index (χ0n) is 10.7. The molecule has 0 amide bonds. The maximum Gasteiger partial charge on any atom is 0.0581 e. The van der Waals surface area contributed by atoms with Gasteiger partial charge in [0.15, 0.2) is 0 Å². The van der Waals surface area contributed by atoms with Crippen LogP contribution in [0.25, 0.3) is 0 Å². The van der Waals surface area contributed by atoms with Crippen molar-refractivity contribution < 1.29 is 0 Å². The second-order valence-corrected chi connectivity index (χ2v) is 4.61. The Morgan fingerprint density at radius 1 is 1.38 bits per heavy atom. The molecule has 1 rings (SSSR count). The van der Waals surface area contributed by atoms with Gasteiger partial charge in [0.25, 0.3) is 0 Å². The third-order valence-electron chi connectivity index (χ3n) is 3.47. The molecule has 0 saturated carbocycles. The minimum absolute atomic E-state index is 0.133. The summed E-state index contributed by atoms with van der Waals surface area (Å²) in [7, 11) is 0. The molecule has 3 heteroatoms. The first-order valence-electron chi connectivity index (χ1n) is 6.33. The lowest BCUT2D eigenvalue weighted by Gasteiger charge is -2.41. The van der Waals surface area contributed by atoms with Gasteiger partial charge >= 0.3 is 0 Å². The number of hydrogen-bond donors (Lipinski definition) is 2. The molecule has 3 N–H and O–H groups in total. The van der Waals surface area contributed by atoms with Crippen molar-refractivity contribution in [1.82, 2.24) is 10.2 Å². The molecule has 0 radical (unpaired) electrons. The summed E-state index contributed by atoms with van der Waals surface area (Å²) >= 11 is 0. The lowest BCUT2D eigenvalue weighted by Crippen LogP contribution is -2.57. The molecule has 3 nitrogen and oxygen atoms in total. The van der Waals surface area contributed by atoms with Crippen LogP contribution in [0.15, 0.2) is 0 Å². The third-order valence-corrected chi connectivity index (χ3v) is 3.47. The lowest BCUT2D eigenvalue weighted by atomic mass is 9.87. The number of piperidine rings is 1. The van der Waals surface area contributed by atoms with Gasteiger partial charge in [-0.15, -0.1) is 5.92 Å². The molecule has 1 saturated heterocycles. The molecule has 0 unspecified atom stereocenters. The summed E-state index contributed by atoms with van der Waals surface area (Å²) in [5.41, 5.74) is 6.04. The van der Waals surface area contributed by atoms with Crippen molar-refractivity contribution in [1.29, 1.82) is 0 Å². The monoisotopic (exact) mass is 223 g/mol. The van der Waals surface area contributed by atoms with Crippen molar-refractivity contribution in [3.63, 3.8) is 0 Å². The Bertz CT molecular complexity index is 244. The number of nitrogens with two attached hydrogens (primary N) is 1. The van der Waals surface area contributed by atoms with E-state index in [0.29, 0.717) is 0 Å². The first-order chi connectivity index (χ1) is 7.76. The van der Waals surface area contributed by atoms with Crippen LogP contribution in [0.2, 0.25) is 0 Å². The Morgan fingerprint density at radius 3 is 2.56 bits per heavy atom. The van der Waals surface area contributed by atoms with Gasteiger partial charge in [-0.3, -0.25) is 5.32 Å². The van der Waals surface area contributed by atoms with Crippen molar-refractivity contribution in [2.45, 2.75) is 38.6 Å². The van der Waals surface area contributed by atoms with E-state index in [1.165, 1.54) is 13.0 Å². The molecule has 1 aliphatic heterocycles. The summed E-state index contributed by atoms with van der Waals surface area (Å²) in [6.45, 7) is 9.14. The maximum absolute atomic E-state index is 5.91. The van der Waals surface area contributed by atoms with E-state index >= 15 is 0 Å². The molecule has 0 aromatic carbocycles. The van der Waals surface area contributed by atoms with Gasteiger partial charge in [0.05, 0.1) is 6.54 Å². The molecule has 0 aromatic heterocycles. The molecule has 1 heterocycles. The first-order valence-corrected chi connectivity index (χ1v) is 6.33. The number of likely N-dealkylation sites (tertiary alicyclic amines) is 1. The zero-order valence-corrected chi connectivity index (χ0v) is 10.7. The Kier molecular flexibility index (Phi) is 5.83. The minimum Gasteiger partial charge on any atom is -0.329 e. The van der Waals surface area contributed by atoms with Crippen molar-refractivity contribution in [2.24, 2.45) is 5.73 Å². The quantitative estimate of drug-likeness (QED) is 0.678. The maximum atomic E-state index is 5.91. The highest BCUT2D eigenvalue weighted by Gasteiger charge is 2.32. The number of nitrogens with one attached hydrogen (secondary N) is 1. The summed E-state index contributed by atoms with van der Waals surface area (Å²) in [6, 6.07) is 0. The van der Waals surface area contributed by atoms with Gasteiger partial charge < -0.3 is 10.6 Å². The molecule has 0 aromatic rings. The predicted octanol–water partition coefficient (Wildman–Crippen LogP) is 0.803. The van der Waals surface area contributed by atoms with Crippen molar-refractivity contribution in [2.75, 3.05) is 32.7 Å². The zero-order chi connectivity index (χ0) is 11.9. The van der Waals surface area contributed by atoms with Crippen LogP contribution < -0.4 is 11.1 Å². The fourth-order valence-electron chi connectivity index (χ4n) is 2.29. The van der Waals surface area contributed by atoms with Crippen LogP contribution >= 0.6 is 0 Å². The summed E-state index contributed by atoms with van der Waals surface area (Å²) < 4.78 is 0. The smallest absolute Gasteiger partial charge is 0.0581 e. The second-order valence-electron chi connectivity index (χ2n) is 4.61. The van der Waals surface area contributed by atoms with Crippen LogP contribution in [0.3, 0.4) is 0 Å². The molecule has 92 valence electrons. The van der Waals surface area contributed by atoms with E-state index in [4.69, 9.17) is 5.73 Å². The van der Waals surface area contributed by atoms with E-state index in [0.717, 1.165) is 39.0 Å². The van der Waals surface area contributed by atoms with E-state index in [1.54, 1.807) is 0 Å². The Morgan fingerprint density at radius 2 is 2.06 bits per heavy atom. The van der Waals surface area contributed by atoms with Crippen LogP contribution in [-0.2, 0) is 0 Å². The van der Waals surface area contributed by atoms with Crippen LogP contribution in [0.4, 0.5) is 0 Å². The van der Waals surface area contributed by atoms with Gasteiger partial charge in [0.1, 0.15) is 0 Å². The van der Waals surface area contributed by atoms with E-state index < -0.39 is 0 Å². The molecule has 16 heavy (non-hydrogen) atoms. The number of hydrogen-bond acceptors (Lipinski definition) is 3. The molecule has 1 fully saturated rings. The van der Waals surface area contributed by atoms with E-state index in [-0.39, 0.29) is 5.54 Å². The summed E-state index contributed by atoms with van der Waals surface area (Å²) in [6.07, 6.45) is 3.54. The van der Waals surface area contributed by atoms with E-state index in [1.807, 2.05) is 6.92 Å². The van der Waals surface area contributed by atoms with Gasteiger partial charge in [0.2, 0.25) is 0 Å². The fourth-order valence-corrected chi connectivity index (χ4v) is 2.29. The Labute approximate surface area is 99.8 Å². The molecule has 0 bridgehead atoms. The summed E-state index contributed by atoms with van der Waals surface area (Å²) in [4.78, 5) is 2.53. The summed E-state index contributed by atoms with van der Waals surface area (Å²) in [5.74, 6) is 5.97. The van der Waals surface area contributed by atoms with E-state index in [2.05, 4.69) is 29.0 Å². The fraction of sp³-hybridized carbons (Fsp3) is 0.846. The van der Waals surface area contributed by atoms with E-state index in [9.17, 15) is 0 Å². The van der Waals surface area contributed by atoms with Crippen LogP contribution in [0.5, 0.6) is 0 Å². The first kappa shape index (κ1) is 13.5. The van der Waals surface area contributed by atoms with Crippen molar-refractivity contribution >= 4 is 0 Å². The standard InChI is InChI=1S/C13H25N3/c1-3-5-8-15-13(12-14)6-10-16(9-4-2)11-7-13/h15H,4,6-12,14H2,1-2H3. The number of rotatable bonds is 5. The van der Waals surface area contributed by atoms with Crippen LogP contribution in [0, 0.1) is 11.8 Å². The van der Waals surface area contributed by atoms with Gasteiger partial charge in [-0.05, 0) is 45.8 Å². The third kappa shape index (κ3) is 3.79. The average Bonchev–Trinajstić information content (AvgIpc) is 2.32. The molecule has 0 aliphatic carbocycles. The largest absolute Gasteiger partial charge is 0.329 e. The molecule has 0 spiro atoms. The lowest BCUT2D eigenvalue weighted by molar-refractivity contribution is 0.143. The molecule has 1 aliphatic rings. The molecule has 0 atom stereocenters. The highest BCUT2D eigenvalue weighted by atomic mass is 15.2. The highest BCUT2D eigenvalue weighted by Crippen LogP contribution is 2.21. The van der Waals surface area contributed by atoms with Gasteiger partial charge in [0, 0.05) is 12.1 Å². The topological polar surface area (TPSA) is 41.3 Å². The van der Waals surface area contributed by atoms with Crippen molar-refractivity contribution in [3.8, 4) is 11.8 Å². The Hall–Kier alpha value is -0.560. The van der Waals surface area contributed by atoms with Gasteiger partial charge in [-0.25, -0.2) is 0 Å².